The van der Waals surface area contributed by atoms with Crippen molar-refractivity contribution < 1.29 is 9.53 Å². The first-order chi connectivity index (χ1) is 15.6. The Morgan fingerprint density at radius 2 is 1.91 bits per heavy atom. The summed E-state index contributed by atoms with van der Waals surface area (Å²) >= 11 is 0. The molecule has 1 amide bonds. The fraction of sp³-hybridized carbons (Fsp3) is 0.231. The third-order valence-electron chi connectivity index (χ3n) is 6.18. The molecule has 0 saturated heterocycles. The molecule has 2 atom stereocenters. The van der Waals surface area contributed by atoms with E-state index in [4.69, 9.17) is 4.74 Å². The van der Waals surface area contributed by atoms with Crippen molar-refractivity contribution in [2.24, 2.45) is 5.92 Å². The number of nitrogens with one attached hydrogen (secondary N) is 1. The molecular formula is C26H24N4O2. The molecule has 6 nitrogen and oxygen atoms in total. The zero-order valence-corrected chi connectivity index (χ0v) is 18.1. The van der Waals surface area contributed by atoms with Gasteiger partial charge in [-0.15, -0.1) is 0 Å². The number of aryl methyl sites for hydroxylation is 2. The average Bonchev–Trinajstić information content (AvgIpc) is 3.55. The fourth-order valence-electron chi connectivity index (χ4n) is 4.33. The lowest BCUT2D eigenvalue weighted by molar-refractivity contribution is -0.117. The number of carbonyl (C=O) groups is 1. The topological polar surface area (TPSA) is 77.0 Å². The standard InChI is InChI=1S/C26H24N4O2/c1-17-24(15-28-18(2)29-17)32-16-26(19-8-4-3-5-9-19)14-21(26)25(31)30-23-12-6-11-22-20(23)10-7-13-27-22/h3-13,15,21H,14,16H2,1-2H3,(H,30,31)/t21-,26+/m0/s1. The van der Waals surface area contributed by atoms with Crippen molar-refractivity contribution in [3.05, 3.63) is 90.1 Å². The van der Waals surface area contributed by atoms with Gasteiger partial charge < -0.3 is 10.1 Å². The number of rotatable bonds is 6. The number of hydrogen-bond acceptors (Lipinski definition) is 5. The lowest BCUT2D eigenvalue weighted by atomic mass is 9.93. The molecule has 0 bridgehead atoms. The molecule has 0 unspecified atom stereocenters. The molecule has 0 radical (unpaired) electrons. The van der Waals surface area contributed by atoms with Gasteiger partial charge in [-0.1, -0.05) is 36.4 Å². The van der Waals surface area contributed by atoms with Gasteiger partial charge in [-0.25, -0.2) is 9.97 Å². The first-order valence-electron chi connectivity index (χ1n) is 10.7. The SMILES string of the molecule is Cc1ncc(OC[C@@]2(c3ccccc3)C[C@H]2C(=O)Nc2cccc3ncccc23)c(C)n1. The summed E-state index contributed by atoms with van der Waals surface area (Å²) in [6.45, 7) is 4.15. The Morgan fingerprint density at radius 1 is 1.06 bits per heavy atom. The maximum Gasteiger partial charge on any atom is 0.228 e. The Morgan fingerprint density at radius 3 is 2.72 bits per heavy atom. The van der Waals surface area contributed by atoms with E-state index in [1.165, 1.54) is 0 Å². The maximum atomic E-state index is 13.3. The summed E-state index contributed by atoms with van der Waals surface area (Å²) in [5.74, 6) is 1.16. The Labute approximate surface area is 186 Å². The van der Waals surface area contributed by atoms with E-state index in [0.29, 0.717) is 18.2 Å². The number of nitrogens with zero attached hydrogens (tertiary/aromatic N) is 3. The quantitative estimate of drug-likeness (QED) is 0.489. The molecule has 1 saturated carbocycles. The molecule has 2 heterocycles. The smallest absolute Gasteiger partial charge is 0.228 e. The lowest BCUT2D eigenvalue weighted by Crippen LogP contribution is -2.26. The largest absolute Gasteiger partial charge is 0.489 e. The molecule has 1 aliphatic carbocycles. The van der Waals surface area contributed by atoms with Crippen molar-refractivity contribution in [2.75, 3.05) is 11.9 Å². The highest BCUT2D eigenvalue weighted by molar-refractivity contribution is 6.03. The number of anilines is 1. The Balaban J connectivity index is 1.40. The van der Waals surface area contributed by atoms with Crippen LogP contribution in [0.5, 0.6) is 5.75 Å². The van der Waals surface area contributed by atoms with E-state index in [0.717, 1.165) is 34.3 Å². The Hall–Kier alpha value is -3.80. The average molecular weight is 425 g/mol. The van der Waals surface area contributed by atoms with Gasteiger partial charge in [-0.2, -0.15) is 0 Å². The van der Waals surface area contributed by atoms with Crippen molar-refractivity contribution in [1.29, 1.82) is 0 Å². The van der Waals surface area contributed by atoms with Gasteiger partial charge in [0.2, 0.25) is 5.91 Å². The Bertz CT molecular complexity index is 1290. The van der Waals surface area contributed by atoms with Crippen LogP contribution in [-0.2, 0) is 10.2 Å². The van der Waals surface area contributed by atoms with Crippen LogP contribution in [0.15, 0.2) is 73.1 Å². The van der Waals surface area contributed by atoms with Crippen molar-refractivity contribution >= 4 is 22.5 Å². The fourth-order valence-corrected chi connectivity index (χ4v) is 4.33. The molecule has 5 rings (SSSR count). The number of ether oxygens (including phenoxy) is 1. The van der Waals surface area contributed by atoms with Crippen LogP contribution in [0.2, 0.25) is 0 Å². The molecule has 32 heavy (non-hydrogen) atoms. The molecule has 1 fully saturated rings. The normalized spacial score (nSPS) is 19.5. The van der Waals surface area contributed by atoms with Crippen LogP contribution in [0.4, 0.5) is 5.69 Å². The zero-order valence-electron chi connectivity index (χ0n) is 18.1. The number of pyridine rings is 1. The maximum absolute atomic E-state index is 13.3. The van der Waals surface area contributed by atoms with Crippen molar-refractivity contribution in [2.45, 2.75) is 25.7 Å². The third kappa shape index (κ3) is 3.68. The van der Waals surface area contributed by atoms with Gasteiger partial charge in [-0.05, 0) is 50.1 Å². The molecule has 0 aliphatic heterocycles. The molecule has 160 valence electrons. The lowest BCUT2D eigenvalue weighted by Gasteiger charge is -2.20. The second kappa shape index (κ2) is 8.04. The van der Waals surface area contributed by atoms with E-state index in [1.54, 1.807) is 12.4 Å². The zero-order chi connectivity index (χ0) is 22.1. The van der Waals surface area contributed by atoms with Gasteiger partial charge in [0.25, 0.3) is 0 Å². The van der Waals surface area contributed by atoms with Crippen molar-refractivity contribution in [3.8, 4) is 5.75 Å². The molecule has 1 aliphatic rings. The first kappa shape index (κ1) is 20.1. The number of amides is 1. The highest BCUT2D eigenvalue weighted by Crippen LogP contribution is 2.55. The van der Waals surface area contributed by atoms with Gasteiger partial charge in [0.1, 0.15) is 5.82 Å². The van der Waals surface area contributed by atoms with Gasteiger partial charge in [-0.3, -0.25) is 9.78 Å². The van der Waals surface area contributed by atoms with Gasteiger partial charge in [0.15, 0.2) is 5.75 Å². The molecular weight excluding hydrogens is 400 g/mol. The number of hydrogen-bond donors (Lipinski definition) is 1. The summed E-state index contributed by atoms with van der Waals surface area (Å²) in [5, 5.41) is 4.06. The van der Waals surface area contributed by atoms with Crippen LogP contribution >= 0.6 is 0 Å². The summed E-state index contributed by atoms with van der Waals surface area (Å²) < 4.78 is 6.16. The minimum Gasteiger partial charge on any atom is -0.489 e. The third-order valence-corrected chi connectivity index (χ3v) is 6.18. The van der Waals surface area contributed by atoms with Crippen LogP contribution in [0.1, 0.15) is 23.5 Å². The van der Waals surface area contributed by atoms with Crippen LogP contribution < -0.4 is 10.1 Å². The number of carbonyl (C=O) groups excluding carboxylic acids is 1. The number of fused-ring (bicyclic) bond motifs is 1. The number of benzene rings is 2. The van der Waals surface area contributed by atoms with Crippen LogP contribution in [0, 0.1) is 19.8 Å². The monoisotopic (exact) mass is 424 g/mol. The predicted octanol–water partition coefficient (Wildman–Crippen LogP) is 4.62. The van der Waals surface area contributed by atoms with E-state index < -0.39 is 0 Å². The first-order valence-corrected chi connectivity index (χ1v) is 10.7. The van der Waals surface area contributed by atoms with Gasteiger partial charge >= 0.3 is 0 Å². The van der Waals surface area contributed by atoms with Crippen LogP contribution in [0.25, 0.3) is 10.9 Å². The van der Waals surface area contributed by atoms with Crippen molar-refractivity contribution in [1.82, 2.24) is 15.0 Å². The van der Waals surface area contributed by atoms with Crippen LogP contribution in [0.3, 0.4) is 0 Å². The minimum atomic E-state index is -0.383. The highest BCUT2D eigenvalue weighted by Gasteiger charge is 2.60. The molecule has 6 heteroatoms. The summed E-state index contributed by atoms with van der Waals surface area (Å²) in [4.78, 5) is 26.3. The molecule has 1 N–H and O–H groups in total. The Kier molecular flexibility index (Phi) is 5.05. The summed E-state index contributed by atoms with van der Waals surface area (Å²) in [6.07, 6.45) is 4.18. The van der Waals surface area contributed by atoms with E-state index >= 15 is 0 Å². The van der Waals surface area contributed by atoms with Crippen molar-refractivity contribution in [3.63, 3.8) is 0 Å². The van der Waals surface area contributed by atoms with Gasteiger partial charge in [0, 0.05) is 17.0 Å². The molecule has 0 spiro atoms. The molecule has 2 aromatic carbocycles. The molecule has 4 aromatic rings. The van der Waals surface area contributed by atoms with Crippen LogP contribution in [-0.4, -0.2) is 27.5 Å². The van der Waals surface area contributed by atoms with E-state index in [2.05, 4.69) is 32.4 Å². The second-order valence-electron chi connectivity index (χ2n) is 8.30. The van der Waals surface area contributed by atoms with E-state index in [1.807, 2.05) is 62.4 Å². The minimum absolute atomic E-state index is 0.00863. The molecule has 2 aromatic heterocycles. The van der Waals surface area contributed by atoms with E-state index in [-0.39, 0.29) is 17.2 Å². The second-order valence-corrected chi connectivity index (χ2v) is 8.30. The summed E-state index contributed by atoms with van der Waals surface area (Å²) in [7, 11) is 0. The summed E-state index contributed by atoms with van der Waals surface area (Å²) in [5.41, 5.74) is 3.15. The highest BCUT2D eigenvalue weighted by atomic mass is 16.5. The number of aromatic nitrogens is 3. The predicted molar refractivity (Wildman–Crippen MR) is 124 cm³/mol. The summed E-state index contributed by atoms with van der Waals surface area (Å²) in [6, 6.07) is 19.7. The van der Waals surface area contributed by atoms with E-state index in [9.17, 15) is 4.79 Å². The van der Waals surface area contributed by atoms with Gasteiger partial charge in [0.05, 0.1) is 35.6 Å².